The van der Waals surface area contributed by atoms with Crippen LogP contribution in [0.2, 0.25) is 0 Å². The van der Waals surface area contributed by atoms with Crippen molar-refractivity contribution in [2.45, 2.75) is 44.6 Å². The van der Waals surface area contributed by atoms with Gasteiger partial charge in [-0.2, -0.15) is 0 Å². The van der Waals surface area contributed by atoms with Gasteiger partial charge in [0.25, 0.3) is 0 Å². The molecule has 1 aromatic heterocycles. The molecule has 0 aliphatic heterocycles. The van der Waals surface area contributed by atoms with E-state index >= 15 is 0 Å². The van der Waals surface area contributed by atoms with Crippen LogP contribution in [0.4, 0.5) is 0 Å². The van der Waals surface area contributed by atoms with Crippen LogP contribution in [0, 0.1) is 5.92 Å². The van der Waals surface area contributed by atoms with Gasteiger partial charge in [0.05, 0.1) is 6.10 Å². The second-order valence-electron chi connectivity index (χ2n) is 6.08. The molecule has 0 amide bonds. The molecule has 2 N–H and O–H groups in total. The number of benzene rings is 1. The van der Waals surface area contributed by atoms with E-state index in [2.05, 4.69) is 23.2 Å². The third kappa shape index (κ3) is 3.73. The molecule has 3 rings (SSSR count). The Morgan fingerprint density at radius 1 is 1.10 bits per heavy atom. The zero-order chi connectivity index (χ0) is 14.5. The number of nitrogens with zero attached hydrogens (tertiary/aromatic N) is 1. The second kappa shape index (κ2) is 6.90. The fraction of sp³-hybridized carbons (Fsp3) is 0.500. The zero-order valence-corrected chi connectivity index (χ0v) is 12.5. The summed E-state index contributed by atoms with van der Waals surface area (Å²) in [4.78, 5) is 4.14. The van der Waals surface area contributed by atoms with Crippen LogP contribution in [0.15, 0.2) is 36.7 Å². The molecule has 0 saturated heterocycles. The lowest BCUT2D eigenvalue weighted by Crippen LogP contribution is -2.24. The van der Waals surface area contributed by atoms with Gasteiger partial charge in [-0.25, -0.2) is 0 Å². The van der Waals surface area contributed by atoms with Crippen LogP contribution in [0.3, 0.4) is 0 Å². The maximum atomic E-state index is 6.17. The summed E-state index contributed by atoms with van der Waals surface area (Å²) >= 11 is 0. The highest BCUT2D eigenvalue weighted by Gasteiger charge is 2.22. The Morgan fingerprint density at radius 2 is 1.95 bits per heavy atom. The molecule has 1 heterocycles. The normalized spacial score (nSPS) is 22.3. The van der Waals surface area contributed by atoms with Gasteiger partial charge in [0.1, 0.15) is 5.75 Å². The number of pyridine rings is 1. The van der Waals surface area contributed by atoms with Crippen molar-refractivity contribution in [3.8, 4) is 5.75 Å². The van der Waals surface area contributed by atoms with E-state index in [1.807, 2.05) is 18.5 Å². The van der Waals surface area contributed by atoms with Crippen LogP contribution >= 0.6 is 0 Å². The van der Waals surface area contributed by atoms with Crippen LogP contribution < -0.4 is 10.5 Å². The molecule has 3 nitrogen and oxygen atoms in total. The number of aromatic nitrogens is 1. The molecule has 1 aliphatic rings. The van der Waals surface area contributed by atoms with Crippen molar-refractivity contribution in [2.75, 3.05) is 6.54 Å². The molecule has 0 bridgehead atoms. The fourth-order valence-electron chi connectivity index (χ4n) is 3.27. The zero-order valence-electron chi connectivity index (χ0n) is 12.5. The van der Waals surface area contributed by atoms with Gasteiger partial charge < -0.3 is 10.5 Å². The van der Waals surface area contributed by atoms with Crippen LogP contribution in [0.1, 0.15) is 38.5 Å². The second-order valence-corrected chi connectivity index (χ2v) is 6.08. The molecule has 1 aliphatic carbocycles. The SMILES string of the molecule is NCCC[C@H]1CC[C@@H](Oc2ccc3cnccc3c2)CC1. The first-order chi connectivity index (χ1) is 10.3. The van der Waals surface area contributed by atoms with Gasteiger partial charge in [-0.15, -0.1) is 0 Å². The molecule has 0 spiro atoms. The van der Waals surface area contributed by atoms with Crippen molar-refractivity contribution >= 4 is 10.8 Å². The Morgan fingerprint density at radius 3 is 2.76 bits per heavy atom. The first kappa shape index (κ1) is 14.3. The number of hydrogen-bond acceptors (Lipinski definition) is 3. The number of hydrogen-bond donors (Lipinski definition) is 1. The van der Waals surface area contributed by atoms with Crippen molar-refractivity contribution in [3.05, 3.63) is 36.7 Å². The number of ether oxygens (including phenoxy) is 1. The van der Waals surface area contributed by atoms with E-state index in [0.717, 1.165) is 30.0 Å². The highest BCUT2D eigenvalue weighted by atomic mass is 16.5. The third-order valence-electron chi connectivity index (χ3n) is 4.53. The largest absolute Gasteiger partial charge is 0.490 e. The topological polar surface area (TPSA) is 48.1 Å². The molecule has 112 valence electrons. The molecule has 1 aromatic carbocycles. The summed E-state index contributed by atoms with van der Waals surface area (Å²) in [5, 5.41) is 2.36. The minimum absolute atomic E-state index is 0.374. The van der Waals surface area contributed by atoms with E-state index in [0.29, 0.717) is 6.10 Å². The average Bonchev–Trinajstić information content (AvgIpc) is 2.54. The van der Waals surface area contributed by atoms with E-state index in [-0.39, 0.29) is 0 Å². The molecule has 1 fully saturated rings. The summed E-state index contributed by atoms with van der Waals surface area (Å²) in [5.74, 6) is 1.84. The Labute approximate surface area is 126 Å². The highest BCUT2D eigenvalue weighted by molar-refractivity contribution is 5.82. The van der Waals surface area contributed by atoms with Crippen LogP contribution in [-0.2, 0) is 0 Å². The molecule has 0 atom stereocenters. The maximum Gasteiger partial charge on any atom is 0.120 e. The summed E-state index contributed by atoms with van der Waals surface area (Å²) < 4.78 is 6.17. The van der Waals surface area contributed by atoms with Crippen molar-refractivity contribution in [2.24, 2.45) is 11.7 Å². The third-order valence-corrected chi connectivity index (χ3v) is 4.53. The molecule has 2 aromatic rings. The fourth-order valence-corrected chi connectivity index (χ4v) is 3.27. The summed E-state index contributed by atoms with van der Waals surface area (Å²) in [5.41, 5.74) is 5.59. The first-order valence-electron chi connectivity index (χ1n) is 8.05. The van der Waals surface area contributed by atoms with Crippen molar-refractivity contribution in [3.63, 3.8) is 0 Å². The summed E-state index contributed by atoms with van der Waals surface area (Å²) in [6.07, 6.45) is 11.4. The van der Waals surface area contributed by atoms with Crippen molar-refractivity contribution in [1.82, 2.24) is 4.98 Å². The van der Waals surface area contributed by atoms with Crippen LogP contribution in [-0.4, -0.2) is 17.6 Å². The molecule has 21 heavy (non-hydrogen) atoms. The predicted octanol–water partition coefficient (Wildman–Crippen LogP) is 3.91. The molecular weight excluding hydrogens is 260 g/mol. The van der Waals surface area contributed by atoms with Crippen LogP contribution in [0.5, 0.6) is 5.75 Å². The van der Waals surface area contributed by atoms with Crippen molar-refractivity contribution in [1.29, 1.82) is 0 Å². The number of fused-ring (bicyclic) bond motifs is 1. The molecule has 3 heteroatoms. The van der Waals surface area contributed by atoms with Gasteiger partial charge >= 0.3 is 0 Å². The minimum Gasteiger partial charge on any atom is -0.490 e. The first-order valence-corrected chi connectivity index (χ1v) is 8.05. The van der Waals surface area contributed by atoms with E-state index in [4.69, 9.17) is 10.5 Å². The molecule has 1 saturated carbocycles. The van der Waals surface area contributed by atoms with E-state index in [1.54, 1.807) is 0 Å². The highest BCUT2D eigenvalue weighted by Crippen LogP contribution is 2.31. The van der Waals surface area contributed by atoms with Crippen molar-refractivity contribution < 1.29 is 4.74 Å². The standard InChI is InChI=1S/C18H24N2O/c19-10-1-2-14-3-6-17(7-4-14)21-18-8-5-16-13-20-11-9-15(16)12-18/h5,8-9,11-14,17H,1-4,6-7,10,19H2/t14-,17+. The van der Waals surface area contributed by atoms with Gasteiger partial charge in [0.15, 0.2) is 0 Å². The lowest BCUT2D eigenvalue weighted by Gasteiger charge is -2.29. The Hall–Kier alpha value is -1.61. The smallest absolute Gasteiger partial charge is 0.120 e. The monoisotopic (exact) mass is 284 g/mol. The van der Waals surface area contributed by atoms with Crippen LogP contribution in [0.25, 0.3) is 10.8 Å². The lowest BCUT2D eigenvalue weighted by molar-refractivity contribution is 0.128. The van der Waals surface area contributed by atoms with Gasteiger partial charge in [-0.05, 0) is 80.6 Å². The quantitative estimate of drug-likeness (QED) is 0.905. The molecule has 0 unspecified atom stereocenters. The summed E-state index contributed by atoms with van der Waals surface area (Å²) in [6.45, 7) is 0.822. The Balaban J connectivity index is 1.56. The number of nitrogens with two attached hydrogens (primary N) is 1. The minimum atomic E-state index is 0.374. The van der Waals surface area contributed by atoms with Gasteiger partial charge in [-0.1, -0.05) is 0 Å². The Kier molecular flexibility index (Phi) is 4.71. The summed E-state index contributed by atoms with van der Waals surface area (Å²) in [7, 11) is 0. The number of rotatable bonds is 5. The van der Waals surface area contributed by atoms with E-state index in [9.17, 15) is 0 Å². The van der Waals surface area contributed by atoms with E-state index < -0.39 is 0 Å². The van der Waals surface area contributed by atoms with Gasteiger partial charge in [0.2, 0.25) is 0 Å². The Bertz CT molecular complexity index is 576. The molecule has 0 radical (unpaired) electrons. The average molecular weight is 284 g/mol. The van der Waals surface area contributed by atoms with E-state index in [1.165, 1.54) is 37.5 Å². The predicted molar refractivity (Wildman–Crippen MR) is 86.4 cm³/mol. The summed E-state index contributed by atoms with van der Waals surface area (Å²) in [6, 6.07) is 8.30. The maximum absolute atomic E-state index is 6.17. The lowest BCUT2D eigenvalue weighted by atomic mass is 9.84. The van der Waals surface area contributed by atoms with Gasteiger partial charge in [-0.3, -0.25) is 4.98 Å². The molecular formula is C18H24N2O. The van der Waals surface area contributed by atoms with Gasteiger partial charge in [0, 0.05) is 17.8 Å².